The monoisotopic (exact) mass is 549 g/mol. The molecule has 0 heterocycles. The quantitative estimate of drug-likeness (QED) is 0.315. The summed E-state index contributed by atoms with van der Waals surface area (Å²) in [6.07, 6.45) is 3.15. The normalized spacial score (nSPS) is 12.0. The molecule has 8 heteroatoms. The van der Waals surface area contributed by atoms with Crippen molar-refractivity contribution >= 4 is 27.5 Å². The summed E-state index contributed by atoms with van der Waals surface area (Å²) in [5, 5.41) is 3.00. The molecule has 0 saturated carbocycles. The molecule has 3 aromatic rings. The van der Waals surface area contributed by atoms with Crippen LogP contribution in [0.4, 0.5) is 5.69 Å². The number of nitrogens with one attached hydrogen (secondary N) is 1. The molecule has 0 aromatic heterocycles. The Morgan fingerprint density at radius 2 is 1.56 bits per heavy atom. The number of carbonyl (C=O) groups is 2. The summed E-state index contributed by atoms with van der Waals surface area (Å²) in [6, 6.07) is 23.6. The number of aryl methyl sites for hydroxylation is 2. The summed E-state index contributed by atoms with van der Waals surface area (Å²) in [6.45, 7) is 6.09. The predicted octanol–water partition coefficient (Wildman–Crippen LogP) is 4.63. The molecule has 2 amide bonds. The highest BCUT2D eigenvalue weighted by atomic mass is 32.2. The molecule has 208 valence electrons. The first kappa shape index (κ1) is 29.9. The molecule has 0 fully saturated rings. The van der Waals surface area contributed by atoms with Crippen molar-refractivity contribution in [3.63, 3.8) is 0 Å². The van der Waals surface area contributed by atoms with Crippen molar-refractivity contribution in [3.8, 4) is 0 Å². The van der Waals surface area contributed by atoms with E-state index in [2.05, 4.69) is 5.32 Å². The van der Waals surface area contributed by atoms with Crippen LogP contribution < -0.4 is 9.62 Å². The van der Waals surface area contributed by atoms with E-state index in [1.54, 1.807) is 12.1 Å². The lowest BCUT2D eigenvalue weighted by atomic mass is 10.0. The Morgan fingerprint density at radius 1 is 0.897 bits per heavy atom. The van der Waals surface area contributed by atoms with Crippen LogP contribution in [-0.4, -0.2) is 50.5 Å². The maximum absolute atomic E-state index is 14.1. The fourth-order valence-corrected chi connectivity index (χ4v) is 5.41. The fourth-order valence-electron chi connectivity index (χ4n) is 4.51. The average molecular weight is 550 g/mol. The maximum atomic E-state index is 14.1. The Labute approximate surface area is 232 Å². The standard InChI is InChI=1S/C31H39N3O4S/c1-5-6-19-32-31(36)29(21-26-15-8-7-9-16-26)33(22-27-17-12-13-24(2)20-27)30(35)23-34(39(4,37)38)28-18-11-10-14-25(28)3/h7-18,20,29H,5-6,19,21-23H2,1-4H3,(H,32,36)/t29-/m0/s1. The Bertz CT molecular complexity index is 1360. The first-order valence-corrected chi connectivity index (χ1v) is 15.1. The van der Waals surface area contributed by atoms with Crippen molar-refractivity contribution in [2.24, 2.45) is 0 Å². The summed E-state index contributed by atoms with van der Waals surface area (Å²) in [7, 11) is -3.79. The van der Waals surface area contributed by atoms with Crippen LogP contribution in [-0.2, 0) is 32.6 Å². The molecule has 0 bridgehead atoms. The third-order valence-electron chi connectivity index (χ3n) is 6.60. The van der Waals surface area contributed by atoms with Crippen LogP contribution in [0.15, 0.2) is 78.9 Å². The molecule has 39 heavy (non-hydrogen) atoms. The summed E-state index contributed by atoms with van der Waals surface area (Å²) in [5.41, 5.74) is 3.98. The molecule has 0 aliphatic carbocycles. The van der Waals surface area contributed by atoms with Crippen LogP contribution in [0.3, 0.4) is 0 Å². The van der Waals surface area contributed by atoms with Gasteiger partial charge in [0, 0.05) is 19.5 Å². The van der Waals surface area contributed by atoms with E-state index in [1.165, 1.54) is 4.90 Å². The van der Waals surface area contributed by atoms with Gasteiger partial charge < -0.3 is 10.2 Å². The lowest BCUT2D eigenvalue weighted by molar-refractivity contribution is -0.140. The third kappa shape index (κ3) is 8.68. The molecule has 0 spiro atoms. The van der Waals surface area contributed by atoms with Gasteiger partial charge in [0.2, 0.25) is 21.8 Å². The van der Waals surface area contributed by atoms with Crippen LogP contribution in [0.5, 0.6) is 0 Å². The topological polar surface area (TPSA) is 86.8 Å². The number of sulfonamides is 1. The molecule has 3 aromatic carbocycles. The number of carbonyl (C=O) groups excluding carboxylic acids is 2. The van der Waals surface area contributed by atoms with E-state index in [0.29, 0.717) is 18.7 Å². The molecule has 1 N–H and O–H groups in total. The zero-order valence-corrected chi connectivity index (χ0v) is 24.1. The van der Waals surface area contributed by atoms with E-state index in [0.717, 1.165) is 45.7 Å². The Kier molecular flexibility index (Phi) is 10.7. The molecule has 0 saturated heterocycles. The number of unbranched alkanes of at least 4 members (excludes halogenated alkanes) is 1. The second-order valence-electron chi connectivity index (χ2n) is 9.92. The van der Waals surface area contributed by atoms with Gasteiger partial charge in [-0.25, -0.2) is 8.42 Å². The molecule has 0 aliphatic heterocycles. The van der Waals surface area contributed by atoms with E-state index in [-0.39, 0.29) is 12.5 Å². The van der Waals surface area contributed by atoms with E-state index in [4.69, 9.17) is 0 Å². The second-order valence-corrected chi connectivity index (χ2v) is 11.8. The van der Waals surface area contributed by atoms with Gasteiger partial charge in [0.1, 0.15) is 12.6 Å². The highest BCUT2D eigenvalue weighted by molar-refractivity contribution is 7.92. The number of rotatable bonds is 13. The van der Waals surface area contributed by atoms with Crippen LogP contribution in [0.1, 0.15) is 42.0 Å². The molecule has 1 atom stereocenters. The number of hydrogen-bond donors (Lipinski definition) is 1. The number of hydrogen-bond acceptors (Lipinski definition) is 4. The number of benzene rings is 3. The second kappa shape index (κ2) is 13.9. The van der Waals surface area contributed by atoms with E-state index in [9.17, 15) is 18.0 Å². The SMILES string of the molecule is CCCCNC(=O)[C@H](Cc1ccccc1)N(Cc1cccc(C)c1)C(=O)CN(c1ccccc1C)S(C)(=O)=O. The summed E-state index contributed by atoms with van der Waals surface area (Å²) >= 11 is 0. The minimum atomic E-state index is -3.79. The minimum Gasteiger partial charge on any atom is -0.354 e. The zero-order chi connectivity index (χ0) is 28.4. The van der Waals surface area contributed by atoms with Crippen LogP contribution in [0.25, 0.3) is 0 Å². The number of para-hydroxylation sites is 1. The zero-order valence-electron chi connectivity index (χ0n) is 23.3. The largest absolute Gasteiger partial charge is 0.354 e. The minimum absolute atomic E-state index is 0.171. The van der Waals surface area contributed by atoms with Gasteiger partial charge in [0.15, 0.2) is 0 Å². The van der Waals surface area contributed by atoms with Crippen molar-refractivity contribution in [1.29, 1.82) is 0 Å². The van der Waals surface area contributed by atoms with Gasteiger partial charge in [-0.1, -0.05) is 91.7 Å². The first-order valence-electron chi connectivity index (χ1n) is 13.3. The lowest BCUT2D eigenvalue weighted by Gasteiger charge is -2.34. The van der Waals surface area contributed by atoms with Gasteiger partial charge >= 0.3 is 0 Å². The third-order valence-corrected chi connectivity index (χ3v) is 7.73. The molecular weight excluding hydrogens is 510 g/mol. The van der Waals surface area contributed by atoms with Crippen LogP contribution >= 0.6 is 0 Å². The molecule has 0 unspecified atom stereocenters. The van der Waals surface area contributed by atoms with Crippen molar-refractivity contribution in [1.82, 2.24) is 10.2 Å². The number of amides is 2. The highest BCUT2D eigenvalue weighted by Crippen LogP contribution is 2.23. The number of anilines is 1. The van der Waals surface area contributed by atoms with Gasteiger partial charge in [-0.15, -0.1) is 0 Å². The lowest BCUT2D eigenvalue weighted by Crippen LogP contribution is -2.53. The van der Waals surface area contributed by atoms with Gasteiger partial charge in [-0.2, -0.15) is 0 Å². The van der Waals surface area contributed by atoms with E-state index >= 15 is 0 Å². The highest BCUT2D eigenvalue weighted by Gasteiger charge is 2.33. The summed E-state index contributed by atoms with van der Waals surface area (Å²) in [4.78, 5) is 29.2. The Balaban J connectivity index is 2.04. The van der Waals surface area contributed by atoms with E-state index in [1.807, 2.05) is 87.5 Å². The maximum Gasteiger partial charge on any atom is 0.244 e. The van der Waals surface area contributed by atoms with Crippen LogP contribution in [0, 0.1) is 13.8 Å². The predicted molar refractivity (Wildman–Crippen MR) is 157 cm³/mol. The molecule has 7 nitrogen and oxygen atoms in total. The molecule has 0 radical (unpaired) electrons. The molecule has 3 rings (SSSR count). The van der Waals surface area contributed by atoms with Crippen molar-refractivity contribution < 1.29 is 18.0 Å². The van der Waals surface area contributed by atoms with Crippen molar-refractivity contribution in [2.45, 2.75) is 52.6 Å². The van der Waals surface area contributed by atoms with E-state index < -0.39 is 28.5 Å². The Morgan fingerprint density at radius 3 is 2.21 bits per heavy atom. The van der Waals surface area contributed by atoms with Gasteiger partial charge in [-0.3, -0.25) is 13.9 Å². The van der Waals surface area contributed by atoms with Crippen LogP contribution in [0.2, 0.25) is 0 Å². The average Bonchev–Trinajstić information content (AvgIpc) is 2.90. The summed E-state index contributed by atoms with van der Waals surface area (Å²) in [5.74, 6) is -0.702. The smallest absolute Gasteiger partial charge is 0.244 e. The summed E-state index contributed by atoms with van der Waals surface area (Å²) < 4.78 is 26.9. The number of nitrogens with zero attached hydrogens (tertiary/aromatic N) is 2. The van der Waals surface area contributed by atoms with Crippen molar-refractivity contribution in [2.75, 3.05) is 23.7 Å². The van der Waals surface area contributed by atoms with Gasteiger partial charge in [0.25, 0.3) is 0 Å². The first-order chi connectivity index (χ1) is 18.6. The van der Waals surface area contributed by atoms with Gasteiger partial charge in [0.05, 0.1) is 11.9 Å². The molecule has 0 aliphatic rings. The van der Waals surface area contributed by atoms with Crippen molar-refractivity contribution in [3.05, 3.63) is 101 Å². The molecular formula is C31H39N3O4S. The van der Waals surface area contributed by atoms with Gasteiger partial charge in [-0.05, 0) is 43.0 Å². The fraction of sp³-hybridized carbons (Fsp3) is 0.355. The Hall–Kier alpha value is -3.65.